The first-order valence-corrected chi connectivity index (χ1v) is 7.24. The van der Waals surface area contributed by atoms with Crippen LogP contribution >= 0.6 is 0 Å². The van der Waals surface area contributed by atoms with Gasteiger partial charge in [0.2, 0.25) is 0 Å². The molecule has 0 aliphatic carbocycles. The number of rotatable bonds is 6. The van der Waals surface area contributed by atoms with Crippen molar-refractivity contribution in [2.75, 3.05) is 26.2 Å². The molecule has 1 saturated heterocycles. The fourth-order valence-corrected chi connectivity index (χ4v) is 2.87. The number of nitrogens with two attached hydrogens (primary N) is 1. The van der Waals surface area contributed by atoms with Crippen LogP contribution in [0.3, 0.4) is 0 Å². The molecule has 1 aliphatic rings. The number of hydrazine groups is 1. The Balaban J connectivity index is 1.89. The van der Waals surface area contributed by atoms with E-state index in [-0.39, 0.29) is 5.76 Å². The molecule has 1 aromatic heterocycles. The number of furan rings is 1. The Morgan fingerprint density at radius 1 is 1.50 bits per heavy atom. The molecule has 2 heterocycles. The Bertz CT molecular complexity index is 442. The number of nitrogens with zero attached hydrogens (tertiary/aromatic N) is 2. The van der Waals surface area contributed by atoms with Crippen LogP contribution in [0.2, 0.25) is 0 Å². The molecular formula is C14H24N4O2. The summed E-state index contributed by atoms with van der Waals surface area (Å²) in [5.74, 6) is 5.77. The summed E-state index contributed by atoms with van der Waals surface area (Å²) in [6.07, 6.45) is 1.19. The molecule has 6 nitrogen and oxygen atoms in total. The molecule has 0 saturated carbocycles. The molecule has 1 atom stereocenters. The maximum atomic E-state index is 11.3. The van der Waals surface area contributed by atoms with Crippen LogP contribution in [0.25, 0.3) is 0 Å². The van der Waals surface area contributed by atoms with Gasteiger partial charge in [-0.15, -0.1) is 0 Å². The molecule has 112 valence electrons. The molecule has 1 fully saturated rings. The number of carbonyl (C=O) groups is 1. The fourth-order valence-electron chi connectivity index (χ4n) is 2.87. The number of carbonyl (C=O) groups excluding carboxylic acids is 1. The fraction of sp³-hybridized carbons (Fsp3) is 0.643. The molecular weight excluding hydrogens is 256 g/mol. The van der Waals surface area contributed by atoms with E-state index in [4.69, 9.17) is 10.3 Å². The Labute approximate surface area is 119 Å². The Morgan fingerprint density at radius 2 is 2.25 bits per heavy atom. The van der Waals surface area contributed by atoms with Crippen LogP contribution in [0.5, 0.6) is 0 Å². The zero-order chi connectivity index (χ0) is 14.5. The van der Waals surface area contributed by atoms with Crippen LogP contribution in [0, 0.1) is 0 Å². The number of likely N-dealkylation sites (tertiary alicyclic amines) is 1. The molecule has 20 heavy (non-hydrogen) atoms. The molecule has 3 N–H and O–H groups in total. The highest BCUT2D eigenvalue weighted by molar-refractivity contribution is 5.90. The van der Waals surface area contributed by atoms with Crippen LogP contribution in [-0.2, 0) is 6.54 Å². The number of nitrogens with one attached hydrogen (secondary N) is 1. The van der Waals surface area contributed by atoms with Gasteiger partial charge in [0.1, 0.15) is 5.76 Å². The summed E-state index contributed by atoms with van der Waals surface area (Å²) in [4.78, 5) is 16.2. The van der Waals surface area contributed by atoms with Crippen LogP contribution in [0.4, 0.5) is 0 Å². The summed E-state index contributed by atoms with van der Waals surface area (Å²) >= 11 is 0. The van der Waals surface area contributed by atoms with Crippen LogP contribution in [0.15, 0.2) is 16.5 Å². The molecule has 0 aromatic carbocycles. The highest BCUT2D eigenvalue weighted by Crippen LogP contribution is 2.19. The van der Waals surface area contributed by atoms with Gasteiger partial charge in [0.15, 0.2) is 5.76 Å². The van der Waals surface area contributed by atoms with E-state index in [2.05, 4.69) is 29.1 Å². The summed E-state index contributed by atoms with van der Waals surface area (Å²) in [6.45, 7) is 9.47. The standard InChI is InChI=1S/C14H24N4O2/c1-3-18(4-2)11-7-8-17(9-11)10-12-5-6-13(20-12)14(19)16-15/h5-6,11H,3-4,7-10,15H2,1-2H3,(H,16,19). The van der Waals surface area contributed by atoms with E-state index in [1.54, 1.807) is 6.07 Å². The van der Waals surface area contributed by atoms with Crippen LogP contribution < -0.4 is 11.3 Å². The van der Waals surface area contributed by atoms with E-state index >= 15 is 0 Å². The zero-order valence-electron chi connectivity index (χ0n) is 12.3. The van der Waals surface area contributed by atoms with Crippen molar-refractivity contribution >= 4 is 5.91 Å². The number of nitrogen functional groups attached to an aromatic ring is 1. The lowest BCUT2D eigenvalue weighted by Gasteiger charge is -2.26. The smallest absolute Gasteiger partial charge is 0.300 e. The molecule has 0 bridgehead atoms. The third-order valence-electron chi connectivity index (χ3n) is 3.97. The van der Waals surface area contributed by atoms with Crippen LogP contribution in [-0.4, -0.2) is 47.9 Å². The zero-order valence-corrected chi connectivity index (χ0v) is 12.3. The highest BCUT2D eigenvalue weighted by atomic mass is 16.4. The predicted octanol–water partition coefficient (Wildman–Crippen LogP) is 0.799. The third kappa shape index (κ3) is 3.39. The summed E-state index contributed by atoms with van der Waals surface area (Å²) < 4.78 is 5.50. The van der Waals surface area contributed by atoms with Crippen molar-refractivity contribution in [3.05, 3.63) is 23.7 Å². The average molecular weight is 280 g/mol. The average Bonchev–Trinajstić information content (AvgIpc) is 3.10. The van der Waals surface area contributed by atoms with Crippen molar-refractivity contribution in [3.8, 4) is 0 Å². The lowest BCUT2D eigenvalue weighted by atomic mass is 10.2. The minimum Gasteiger partial charge on any atom is -0.455 e. The molecule has 1 aromatic rings. The number of hydrogen-bond acceptors (Lipinski definition) is 5. The van der Waals surface area contributed by atoms with Gasteiger partial charge in [0.25, 0.3) is 0 Å². The number of hydrogen-bond donors (Lipinski definition) is 2. The Morgan fingerprint density at radius 3 is 2.90 bits per heavy atom. The quantitative estimate of drug-likeness (QED) is 0.458. The summed E-state index contributed by atoms with van der Waals surface area (Å²) in [5.41, 5.74) is 2.07. The summed E-state index contributed by atoms with van der Waals surface area (Å²) in [5, 5.41) is 0. The van der Waals surface area contributed by atoms with Gasteiger partial charge in [-0.1, -0.05) is 13.8 Å². The van der Waals surface area contributed by atoms with Crippen molar-refractivity contribution in [1.29, 1.82) is 0 Å². The first kappa shape index (κ1) is 15.0. The molecule has 1 amide bonds. The lowest BCUT2D eigenvalue weighted by molar-refractivity contribution is 0.0922. The van der Waals surface area contributed by atoms with Crippen molar-refractivity contribution in [2.45, 2.75) is 32.9 Å². The van der Waals surface area contributed by atoms with E-state index in [9.17, 15) is 4.79 Å². The van der Waals surface area contributed by atoms with Gasteiger partial charge in [0, 0.05) is 19.1 Å². The third-order valence-corrected chi connectivity index (χ3v) is 3.97. The van der Waals surface area contributed by atoms with Gasteiger partial charge in [-0.3, -0.25) is 20.0 Å². The lowest BCUT2D eigenvalue weighted by Crippen LogP contribution is -2.37. The first-order valence-electron chi connectivity index (χ1n) is 7.24. The minimum atomic E-state index is -0.390. The molecule has 6 heteroatoms. The first-order chi connectivity index (χ1) is 9.67. The van der Waals surface area contributed by atoms with E-state index in [0.29, 0.717) is 6.04 Å². The maximum Gasteiger partial charge on any atom is 0.300 e. The maximum absolute atomic E-state index is 11.3. The van der Waals surface area contributed by atoms with Gasteiger partial charge in [-0.25, -0.2) is 5.84 Å². The topological polar surface area (TPSA) is 74.7 Å². The molecule has 0 radical (unpaired) electrons. The minimum absolute atomic E-state index is 0.266. The number of likely N-dealkylation sites (N-methyl/N-ethyl adjacent to an activating group) is 1. The van der Waals surface area contributed by atoms with E-state index in [1.165, 1.54) is 6.42 Å². The van der Waals surface area contributed by atoms with Crippen molar-refractivity contribution in [1.82, 2.24) is 15.2 Å². The monoisotopic (exact) mass is 280 g/mol. The van der Waals surface area contributed by atoms with Crippen LogP contribution in [0.1, 0.15) is 36.6 Å². The predicted molar refractivity (Wildman–Crippen MR) is 77.0 cm³/mol. The van der Waals surface area contributed by atoms with Gasteiger partial charge < -0.3 is 4.42 Å². The summed E-state index contributed by atoms with van der Waals surface area (Å²) in [6, 6.07) is 4.14. The normalized spacial score (nSPS) is 19.7. The van der Waals surface area contributed by atoms with Gasteiger partial charge in [0.05, 0.1) is 6.54 Å². The largest absolute Gasteiger partial charge is 0.455 e. The second-order valence-corrected chi connectivity index (χ2v) is 5.14. The van der Waals surface area contributed by atoms with Crippen molar-refractivity contribution in [2.24, 2.45) is 5.84 Å². The molecule has 1 aliphatic heterocycles. The van der Waals surface area contributed by atoms with E-state index < -0.39 is 5.91 Å². The SMILES string of the molecule is CCN(CC)C1CCN(Cc2ccc(C(=O)NN)o2)C1. The molecule has 2 rings (SSSR count). The van der Waals surface area contributed by atoms with Crippen molar-refractivity contribution < 1.29 is 9.21 Å². The molecule has 0 spiro atoms. The highest BCUT2D eigenvalue weighted by Gasteiger charge is 2.26. The number of amides is 1. The van der Waals surface area contributed by atoms with Crippen molar-refractivity contribution in [3.63, 3.8) is 0 Å². The van der Waals surface area contributed by atoms with Gasteiger partial charge in [-0.2, -0.15) is 0 Å². The Kier molecular flexibility index (Phi) is 5.17. The molecule has 1 unspecified atom stereocenters. The second kappa shape index (κ2) is 6.88. The van der Waals surface area contributed by atoms with E-state index in [0.717, 1.165) is 38.5 Å². The summed E-state index contributed by atoms with van der Waals surface area (Å²) in [7, 11) is 0. The van der Waals surface area contributed by atoms with E-state index in [1.807, 2.05) is 6.07 Å². The Hall–Kier alpha value is -1.37. The van der Waals surface area contributed by atoms with Gasteiger partial charge >= 0.3 is 5.91 Å². The second-order valence-electron chi connectivity index (χ2n) is 5.14. The van der Waals surface area contributed by atoms with Gasteiger partial charge in [-0.05, 0) is 31.6 Å².